The lowest BCUT2D eigenvalue weighted by atomic mass is 10.1. The van der Waals surface area contributed by atoms with Crippen LogP contribution in [0.1, 0.15) is 11.1 Å². The van der Waals surface area contributed by atoms with E-state index in [1.165, 1.54) is 4.90 Å². The molecule has 0 aromatic heterocycles. The Labute approximate surface area is 106 Å². The van der Waals surface area contributed by atoms with Crippen molar-refractivity contribution >= 4 is 21.5 Å². The summed E-state index contributed by atoms with van der Waals surface area (Å²) < 4.78 is 24.3. The van der Waals surface area contributed by atoms with E-state index in [9.17, 15) is 13.2 Å². The molecule has 0 bridgehead atoms. The zero-order chi connectivity index (χ0) is 13.7. The molecule has 0 radical (unpaired) electrons. The summed E-state index contributed by atoms with van der Waals surface area (Å²) in [6.07, 6.45) is 0. The van der Waals surface area contributed by atoms with Crippen molar-refractivity contribution in [3.63, 3.8) is 0 Å². The quantitative estimate of drug-likeness (QED) is 0.822. The average Bonchev–Trinajstić information content (AvgIpc) is 2.22. The number of likely N-dealkylation sites (N-methyl/N-ethyl adjacent to an activating group) is 1. The van der Waals surface area contributed by atoms with E-state index in [0.717, 1.165) is 11.1 Å². The molecule has 1 N–H and O–H groups in total. The van der Waals surface area contributed by atoms with E-state index in [1.54, 1.807) is 20.0 Å². The number of benzene rings is 1. The van der Waals surface area contributed by atoms with E-state index < -0.39 is 21.8 Å². The Hall–Kier alpha value is -1.56. The summed E-state index contributed by atoms with van der Waals surface area (Å²) in [4.78, 5) is 12.9. The number of aryl methyl sites for hydroxylation is 2. The smallest absolute Gasteiger partial charge is 0.327 e. The predicted octanol–water partition coefficient (Wildman–Crippen LogP) is 0.980. The molecule has 1 aromatic carbocycles. The van der Waals surface area contributed by atoms with Gasteiger partial charge in [0.15, 0.2) is 9.84 Å². The summed E-state index contributed by atoms with van der Waals surface area (Å²) in [7, 11) is -1.92. The zero-order valence-electron chi connectivity index (χ0n) is 10.5. The number of carbonyl (C=O) groups is 1. The van der Waals surface area contributed by atoms with Crippen molar-refractivity contribution < 1.29 is 18.3 Å². The summed E-state index contributed by atoms with van der Waals surface area (Å²) >= 11 is 0. The third kappa shape index (κ3) is 1.86. The maximum atomic E-state index is 12.1. The highest BCUT2D eigenvalue weighted by Crippen LogP contribution is 2.36. The minimum absolute atomic E-state index is 0.236. The van der Waals surface area contributed by atoms with Gasteiger partial charge in [0.1, 0.15) is 6.04 Å². The Morgan fingerprint density at radius 2 is 2.00 bits per heavy atom. The summed E-state index contributed by atoms with van der Waals surface area (Å²) in [6, 6.07) is 2.44. The van der Waals surface area contributed by atoms with Crippen molar-refractivity contribution in [3.8, 4) is 0 Å². The van der Waals surface area contributed by atoms with E-state index in [1.807, 2.05) is 13.0 Å². The van der Waals surface area contributed by atoms with Crippen LogP contribution < -0.4 is 4.90 Å². The first-order chi connectivity index (χ1) is 8.24. The number of hydrogen-bond acceptors (Lipinski definition) is 4. The molecule has 1 atom stereocenters. The molecule has 0 spiro atoms. The summed E-state index contributed by atoms with van der Waals surface area (Å²) in [5.41, 5.74) is 2.14. The van der Waals surface area contributed by atoms with Crippen LogP contribution in [0, 0.1) is 13.8 Å². The number of nitrogens with zero attached hydrogens (tertiary/aromatic N) is 1. The molecular formula is C12H15NO4S. The van der Waals surface area contributed by atoms with Gasteiger partial charge in [-0.1, -0.05) is 6.07 Å². The fourth-order valence-corrected chi connectivity index (χ4v) is 4.34. The first kappa shape index (κ1) is 12.9. The highest BCUT2D eigenvalue weighted by Gasteiger charge is 2.38. The van der Waals surface area contributed by atoms with Gasteiger partial charge in [0.25, 0.3) is 0 Å². The molecule has 1 aliphatic rings. The second-order valence-corrected chi connectivity index (χ2v) is 6.68. The van der Waals surface area contributed by atoms with Gasteiger partial charge >= 0.3 is 5.97 Å². The fraction of sp³-hybridized carbons (Fsp3) is 0.417. The van der Waals surface area contributed by atoms with Crippen molar-refractivity contribution in [2.75, 3.05) is 17.7 Å². The van der Waals surface area contributed by atoms with Crippen LogP contribution >= 0.6 is 0 Å². The average molecular weight is 269 g/mol. The SMILES string of the molecule is Cc1cc(C)c2c(c1)S(=O)(=O)CC(C(=O)O)N2C. The molecule has 1 unspecified atom stereocenters. The van der Waals surface area contributed by atoms with Gasteiger partial charge in [0, 0.05) is 7.05 Å². The largest absolute Gasteiger partial charge is 0.480 e. The number of rotatable bonds is 1. The lowest BCUT2D eigenvalue weighted by molar-refractivity contribution is -0.138. The molecule has 98 valence electrons. The Balaban J connectivity index is 2.74. The number of hydrogen-bond donors (Lipinski definition) is 1. The number of carboxylic acids is 1. The fourth-order valence-electron chi connectivity index (χ4n) is 2.41. The first-order valence-electron chi connectivity index (χ1n) is 5.53. The number of fused-ring (bicyclic) bond motifs is 1. The molecule has 1 aromatic rings. The normalized spacial score (nSPS) is 21.5. The molecule has 2 rings (SSSR count). The van der Waals surface area contributed by atoms with Gasteiger partial charge in [-0.2, -0.15) is 0 Å². The minimum atomic E-state index is -3.54. The third-order valence-corrected chi connectivity index (χ3v) is 4.96. The Kier molecular flexibility index (Phi) is 2.85. The first-order valence-corrected chi connectivity index (χ1v) is 7.19. The topological polar surface area (TPSA) is 74.7 Å². The van der Waals surface area contributed by atoms with Crippen molar-refractivity contribution in [1.82, 2.24) is 0 Å². The second kappa shape index (κ2) is 3.98. The van der Waals surface area contributed by atoms with Crippen LogP contribution in [0.3, 0.4) is 0 Å². The summed E-state index contributed by atoms with van der Waals surface area (Å²) in [5, 5.41) is 9.11. The monoisotopic (exact) mass is 269 g/mol. The molecule has 0 fully saturated rings. The van der Waals surface area contributed by atoms with Gasteiger partial charge < -0.3 is 10.0 Å². The van der Waals surface area contributed by atoms with Crippen LogP contribution in [0.5, 0.6) is 0 Å². The van der Waals surface area contributed by atoms with Crippen LogP contribution in [-0.4, -0.2) is 38.3 Å². The predicted molar refractivity (Wildman–Crippen MR) is 67.8 cm³/mol. The second-order valence-electron chi connectivity index (χ2n) is 4.67. The summed E-state index contributed by atoms with van der Waals surface area (Å²) in [6.45, 7) is 3.62. The van der Waals surface area contributed by atoms with Crippen LogP contribution in [0.2, 0.25) is 0 Å². The van der Waals surface area contributed by atoms with Gasteiger partial charge in [-0.15, -0.1) is 0 Å². The van der Waals surface area contributed by atoms with Gasteiger partial charge in [-0.25, -0.2) is 13.2 Å². The number of anilines is 1. The molecule has 1 heterocycles. The lowest BCUT2D eigenvalue weighted by Gasteiger charge is -2.34. The van der Waals surface area contributed by atoms with E-state index in [4.69, 9.17) is 5.11 Å². The standard InChI is InChI=1S/C12H15NO4S/c1-7-4-8(2)11-10(5-7)18(16,17)6-9(12(14)15)13(11)3/h4-5,9H,6H2,1-3H3,(H,14,15). The van der Waals surface area contributed by atoms with E-state index in [2.05, 4.69) is 0 Å². The number of sulfone groups is 1. The van der Waals surface area contributed by atoms with Crippen molar-refractivity contribution in [1.29, 1.82) is 0 Å². The van der Waals surface area contributed by atoms with Gasteiger partial charge in [-0.05, 0) is 31.0 Å². The molecule has 1 aliphatic heterocycles. The number of carboxylic acid groups (broad SMARTS) is 1. The van der Waals surface area contributed by atoms with Crippen molar-refractivity contribution in [2.45, 2.75) is 24.8 Å². The Morgan fingerprint density at radius 1 is 1.39 bits per heavy atom. The van der Waals surface area contributed by atoms with Crippen LogP contribution in [0.25, 0.3) is 0 Å². The van der Waals surface area contributed by atoms with E-state index >= 15 is 0 Å². The molecule has 0 saturated heterocycles. The van der Waals surface area contributed by atoms with Crippen LogP contribution in [0.4, 0.5) is 5.69 Å². The molecule has 0 saturated carbocycles. The van der Waals surface area contributed by atoms with Crippen LogP contribution in [0.15, 0.2) is 17.0 Å². The third-order valence-electron chi connectivity index (χ3n) is 3.23. The van der Waals surface area contributed by atoms with Crippen LogP contribution in [-0.2, 0) is 14.6 Å². The molecule has 5 nitrogen and oxygen atoms in total. The molecule has 0 amide bonds. The molecule has 0 aliphatic carbocycles. The Bertz CT molecular complexity index is 621. The van der Waals surface area contributed by atoms with Gasteiger partial charge in [0.2, 0.25) is 0 Å². The lowest BCUT2D eigenvalue weighted by Crippen LogP contribution is -2.47. The Morgan fingerprint density at radius 3 is 2.56 bits per heavy atom. The van der Waals surface area contributed by atoms with Gasteiger partial charge in [0.05, 0.1) is 16.3 Å². The van der Waals surface area contributed by atoms with Crippen molar-refractivity contribution in [2.24, 2.45) is 0 Å². The zero-order valence-corrected chi connectivity index (χ0v) is 11.3. The maximum absolute atomic E-state index is 12.1. The van der Waals surface area contributed by atoms with E-state index in [-0.39, 0.29) is 10.6 Å². The maximum Gasteiger partial charge on any atom is 0.327 e. The molecule has 6 heteroatoms. The highest BCUT2D eigenvalue weighted by atomic mass is 32.2. The van der Waals surface area contributed by atoms with E-state index in [0.29, 0.717) is 5.69 Å². The van der Waals surface area contributed by atoms with Crippen molar-refractivity contribution in [3.05, 3.63) is 23.3 Å². The van der Waals surface area contributed by atoms with Gasteiger partial charge in [-0.3, -0.25) is 0 Å². The number of aliphatic carboxylic acids is 1. The summed E-state index contributed by atoms with van der Waals surface area (Å²) in [5.74, 6) is -1.50. The highest BCUT2D eigenvalue weighted by molar-refractivity contribution is 7.91. The minimum Gasteiger partial charge on any atom is -0.480 e. The molecule has 18 heavy (non-hydrogen) atoms. The molecular weight excluding hydrogens is 254 g/mol.